The quantitative estimate of drug-likeness (QED) is 0.897. The van der Waals surface area contributed by atoms with Crippen LogP contribution >= 0.6 is 0 Å². The first-order chi connectivity index (χ1) is 8.66. The Bertz CT molecular complexity index is 529. The molecule has 3 nitrogen and oxygen atoms in total. The van der Waals surface area contributed by atoms with Crippen LogP contribution in [0.25, 0.3) is 0 Å². The van der Waals surface area contributed by atoms with Gasteiger partial charge in [-0.15, -0.1) is 0 Å². The fourth-order valence-corrected chi connectivity index (χ4v) is 1.83. The third-order valence-corrected chi connectivity index (χ3v) is 2.92. The first-order valence-corrected chi connectivity index (χ1v) is 6.03. The maximum Gasteiger partial charge on any atom is 0.251 e. The van der Waals surface area contributed by atoms with Gasteiger partial charge in [-0.25, -0.2) is 0 Å². The fraction of sp³-hybridized carbons (Fsp3) is 0.267. The molecule has 1 aromatic heterocycles. The van der Waals surface area contributed by atoms with Crippen molar-refractivity contribution in [3.8, 4) is 0 Å². The Hall–Kier alpha value is -2.03. The van der Waals surface area contributed by atoms with E-state index in [1.165, 1.54) is 0 Å². The van der Waals surface area contributed by atoms with Crippen LogP contribution in [-0.2, 0) is 6.42 Å². The van der Waals surface area contributed by atoms with Gasteiger partial charge in [0.05, 0.1) is 12.5 Å². The number of carbonyl (C=O) groups is 1. The zero-order valence-corrected chi connectivity index (χ0v) is 10.7. The van der Waals surface area contributed by atoms with Crippen molar-refractivity contribution >= 4 is 5.91 Å². The molecule has 1 heterocycles. The van der Waals surface area contributed by atoms with Gasteiger partial charge in [0, 0.05) is 12.1 Å². The lowest BCUT2D eigenvalue weighted by molar-refractivity contribution is 0.0953. The average molecular weight is 243 g/mol. The van der Waals surface area contributed by atoms with Crippen LogP contribution in [0.5, 0.6) is 0 Å². The Balaban J connectivity index is 1.93. The maximum atomic E-state index is 12.0. The molecular weight excluding hydrogens is 226 g/mol. The van der Waals surface area contributed by atoms with Gasteiger partial charge in [0.2, 0.25) is 0 Å². The van der Waals surface area contributed by atoms with Crippen molar-refractivity contribution in [2.45, 2.75) is 20.3 Å². The monoisotopic (exact) mass is 243 g/mol. The summed E-state index contributed by atoms with van der Waals surface area (Å²) in [6, 6.07) is 7.81. The molecule has 0 aliphatic heterocycles. The predicted octanol–water partition coefficient (Wildman–Crippen LogP) is 2.87. The maximum absolute atomic E-state index is 12.0. The van der Waals surface area contributed by atoms with Gasteiger partial charge in [-0.3, -0.25) is 4.79 Å². The van der Waals surface area contributed by atoms with Crippen LogP contribution in [-0.4, -0.2) is 12.5 Å². The summed E-state index contributed by atoms with van der Waals surface area (Å²) in [5, 5.41) is 2.92. The molecule has 3 heteroatoms. The normalized spacial score (nSPS) is 10.3. The van der Waals surface area contributed by atoms with Gasteiger partial charge in [0.1, 0.15) is 0 Å². The average Bonchev–Trinajstić information content (AvgIpc) is 2.85. The van der Waals surface area contributed by atoms with Crippen LogP contribution in [0, 0.1) is 13.8 Å². The Morgan fingerprint density at radius 1 is 1.28 bits per heavy atom. The molecule has 0 fully saturated rings. The van der Waals surface area contributed by atoms with Crippen LogP contribution in [0.15, 0.2) is 41.2 Å². The number of carbonyl (C=O) groups excluding carboxylic acids is 1. The molecule has 1 N–H and O–H groups in total. The third-order valence-electron chi connectivity index (χ3n) is 2.92. The predicted molar refractivity (Wildman–Crippen MR) is 70.7 cm³/mol. The van der Waals surface area contributed by atoms with Gasteiger partial charge in [0.15, 0.2) is 0 Å². The van der Waals surface area contributed by atoms with Crippen molar-refractivity contribution in [1.29, 1.82) is 0 Å². The number of benzene rings is 1. The Labute approximate surface area is 107 Å². The highest BCUT2D eigenvalue weighted by atomic mass is 16.3. The van der Waals surface area contributed by atoms with E-state index >= 15 is 0 Å². The van der Waals surface area contributed by atoms with E-state index < -0.39 is 0 Å². The highest BCUT2D eigenvalue weighted by molar-refractivity contribution is 5.95. The van der Waals surface area contributed by atoms with Crippen molar-refractivity contribution in [3.63, 3.8) is 0 Å². The summed E-state index contributed by atoms with van der Waals surface area (Å²) in [6.45, 7) is 4.55. The van der Waals surface area contributed by atoms with Gasteiger partial charge >= 0.3 is 0 Å². The number of rotatable bonds is 4. The van der Waals surface area contributed by atoms with E-state index in [1.807, 2.05) is 38.1 Å². The topological polar surface area (TPSA) is 42.2 Å². The molecule has 1 aromatic carbocycles. The number of hydrogen-bond acceptors (Lipinski definition) is 2. The van der Waals surface area contributed by atoms with Crippen molar-refractivity contribution in [1.82, 2.24) is 5.32 Å². The molecule has 0 bridgehead atoms. The molecule has 0 saturated heterocycles. The molecule has 0 radical (unpaired) electrons. The molecule has 0 aliphatic carbocycles. The van der Waals surface area contributed by atoms with Crippen molar-refractivity contribution in [3.05, 3.63) is 59.0 Å². The van der Waals surface area contributed by atoms with Gasteiger partial charge in [-0.2, -0.15) is 0 Å². The lowest BCUT2D eigenvalue weighted by Crippen LogP contribution is -2.26. The highest BCUT2D eigenvalue weighted by Crippen LogP contribution is 2.10. The number of amides is 1. The largest absolute Gasteiger partial charge is 0.472 e. The summed E-state index contributed by atoms with van der Waals surface area (Å²) in [5.74, 6) is -0.0142. The van der Waals surface area contributed by atoms with Crippen molar-refractivity contribution < 1.29 is 9.21 Å². The Morgan fingerprint density at radius 3 is 2.83 bits per heavy atom. The molecule has 2 aromatic rings. The van der Waals surface area contributed by atoms with Gasteiger partial charge in [-0.05, 0) is 43.5 Å². The number of aryl methyl sites for hydroxylation is 2. The number of nitrogens with one attached hydrogen (secondary N) is 1. The number of hydrogen-bond donors (Lipinski definition) is 1. The molecule has 0 atom stereocenters. The molecule has 0 spiro atoms. The summed E-state index contributed by atoms with van der Waals surface area (Å²) < 4.78 is 4.98. The Morgan fingerprint density at radius 2 is 2.11 bits per heavy atom. The second kappa shape index (κ2) is 5.54. The summed E-state index contributed by atoms with van der Waals surface area (Å²) in [7, 11) is 0. The second-order valence-corrected chi connectivity index (χ2v) is 4.46. The lowest BCUT2D eigenvalue weighted by Gasteiger charge is -2.08. The van der Waals surface area contributed by atoms with Crippen LogP contribution in [0.2, 0.25) is 0 Å². The summed E-state index contributed by atoms with van der Waals surface area (Å²) in [5.41, 5.74) is 3.94. The minimum absolute atomic E-state index is 0.0142. The first kappa shape index (κ1) is 12.4. The van der Waals surface area contributed by atoms with Crippen molar-refractivity contribution in [2.24, 2.45) is 0 Å². The van der Waals surface area contributed by atoms with E-state index in [-0.39, 0.29) is 5.91 Å². The van der Waals surface area contributed by atoms with E-state index in [0.717, 1.165) is 28.7 Å². The molecule has 94 valence electrons. The zero-order valence-electron chi connectivity index (χ0n) is 10.7. The van der Waals surface area contributed by atoms with E-state index in [9.17, 15) is 4.79 Å². The number of furan rings is 1. The molecule has 1 amide bonds. The van der Waals surface area contributed by atoms with Crippen LogP contribution < -0.4 is 5.32 Å². The minimum Gasteiger partial charge on any atom is -0.472 e. The smallest absolute Gasteiger partial charge is 0.251 e. The molecule has 0 unspecified atom stereocenters. The third kappa shape index (κ3) is 3.00. The van der Waals surface area contributed by atoms with Crippen LogP contribution in [0.3, 0.4) is 0 Å². The van der Waals surface area contributed by atoms with E-state index in [0.29, 0.717) is 6.54 Å². The van der Waals surface area contributed by atoms with E-state index in [4.69, 9.17) is 4.42 Å². The van der Waals surface area contributed by atoms with E-state index in [2.05, 4.69) is 5.32 Å². The molecular formula is C15H17NO2. The van der Waals surface area contributed by atoms with E-state index in [1.54, 1.807) is 12.5 Å². The SMILES string of the molecule is Cc1ccc(C)c(C(=O)NCCc2ccoc2)c1. The summed E-state index contributed by atoms with van der Waals surface area (Å²) in [4.78, 5) is 12.0. The van der Waals surface area contributed by atoms with Crippen molar-refractivity contribution in [2.75, 3.05) is 6.54 Å². The first-order valence-electron chi connectivity index (χ1n) is 6.03. The lowest BCUT2D eigenvalue weighted by atomic mass is 10.1. The van der Waals surface area contributed by atoms with Gasteiger partial charge < -0.3 is 9.73 Å². The molecule has 18 heavy (non-hydrogen) atoms. The minimum atomic E-state index is -0.0142. The standard InChI is InChI=1S/C15H17NO2/c1-11-3-4-12(2)14(9-11)15(17)16-7-5-13-6-8-18-10-13/h3-4,6,8-10H,5,7H2,1-2H3,(H,16,17). The Kier molecular flexibility index (Phi) is 3.82. The zero-order chi connectivity index (χ0) is 13.0. The summed E-state index contributed by atoms with van der Waals surface area (Å²) in [6.07, 6.45) is 4.12. The summed E-state index contributed by atoms with van der Waals surface area (Å²) >= 11 is 0. The van der Waals surface area contributed by atoms with Crippen LogP contribution in [0.1, 0.15) is 27.0 Å². The fourth-order valence-electron chi connectivity index (χ4n) is 1.83. The van der Waals surface area contributed by atoms with Gasteiger partial charge in [0.25, 0.3) is 5.91 Å². The molecule has 0 saturated carbocycles. The van der Waals surface area contributed by atoms with Gasteiger partial charge in [-0.1, -0.05) is 17.7 Å². The highest BCUT2D eigenvalue weighted by Gasteiger charge is 2.08. The van der Waals surface area contributed by atoms with Crippen LogP contribution in [0.4, 0.5) is 0 Å². The molecule has 2 rings (SSSR count). The second-order valence-electron chi connectivity index (χ2n) is 4.46. The molecule has 0 aliphatic rings.